The number of fused-ring (bicyclic) bond motifs is 1. The molecular formula is C15H17N3O2. The molecule has 2 aromatic rings. The van der Waals surface area contributed by atoms with Crippen molar-refractivity contribution in [2.24, 2.45) is 16.5 Å². The van der Waals surface area contributed by atoms with E-state index >= 15 is 0 Å². The Hall–Kier alpha value is -2.56. The maximum Gasteiger partial charge on any atom is 0.284 e. The van der Waals surface area contributed by atoms with Gasteiger partial charge in [0.25, 0.3) is 5.91 Å². The Kier molecular flexibility index (Phi) is 3.89. The van der Waals surface area contributed by atoms with E-state index in [1.165, 1.54) is 0 Å². The molecule has 0 atom stereocenters. The van der Waals surface area contributed by atoms with Gasteiger partial charge in [-0.05, 0) is 30.7 Å². The van der Waals surface area contributed by atoms with Crippen molar-refractivity contribution >= 4 is 22.6 Å². The molecule has 2 rings (SSSR count). The third-order valence-corrected chi connectivity index (χ3v) is 2.70. The Morgan fingerprint density at radius 3 is 2.50 bits per heavy atom. The lowest BCUT2D eigenvalue weighted by atomic mass is 10.0. The van der Waals surface area contributed by atoms with E-state index in [1.54, 1.807) is 6.07 Å². The summed E-state index contributed by atoms with van der Waals surface area (Å²) in [6, 6.07) is 11.2. The van der Waals surface area contributed by atoms with E-state index in [1.807, 2.05) is 44.2 Å². The minimum atomic E-state index is -0.502. The first-order valence-corrected chi connectivity index (χ1v) is 6.31. The third-order valence-electron chi connectivity index (χ3n) is 2.70. The van der Waals surface area contributed by atoms with Gasteiger partial charge in [-0.1, -0.05) is 30.3 Å². The van der Waals surface area contributed by atoms with E-state index in [0.717, 1.165) is 10.8 Å². The predicted molar refractivity (Wildman–Crippen MR) is 79.9 cm³/mol. The van der Waals surface area contributed by atoms with Crippen molar-refractivity contribution in [3.05, 3.63) is 42.0 Å². The number of hydrogen-bond acceptors (Lipinski definition) is 2. The molecule has 0 radical (unpaired) electrons. The fourth-order valence-electron chi connectivity index (χ4n) is 2.00. The number of carbonyl (C=O) groups is 1. The molecule has 0 heterocycles. The number of benzene rings is 2. The summed E-state index contributed by atoms with van der Waals surface area (Å²) in [6.45, 7) is 3.79. The molecule has 5 nitrogen and oxygen atoms in total. The molecule has 5 heteroatoms. The number of ether oxygens (including phenoxy) is 1. The molecule has 0 unspecified atom stereocenters. The van der Waals surface area contributed by atoms with Gasteiger partial charge >= 0.3 is 0 Å². The molecular weight excluding hydrogens is 254 g/mol. The average molecular weight is 271 g/mol. The molecule has 0 bridgehead atoms. The van der Waals surface area contributed by atoms with Crippen molar-refractivity contribution in [1.29, 1.82) is 0 Å². The van der Waals surface area contributed by atoms with Gasteiger partial charge in [-0.25, -0.2) is 0 Å². The zero-order valence-electron chi connectivity index (χ0n) is 11.5. The number of hydrogen-bond donors (Lipinski definition) is 2. The average Bonchev–Trinajstić information content (AvgIpc) is 2.36. The van der Waals surface area contributed by atoms with Gasteiger partial charge in [-0.15, -0.1) is 0 Å². The van der Waals surface area contributed by atoms with Gasteiger partial charge in [0.15, 0.2) is 5.96 Å². The zero-order chi connectivity index (χ0) is 14.7. The van der Waals surface area contributed by atoms with Crippen molar-refractivity contribution in [2.45, 2.75) is 20.0 Å². The molecule has 0 aromatic heterocycles. The van der Waals surface area contributed by atoms with Crippen molar-refractivity contribution in [2.75, 3.05) is 0 Å². The maximum atomic E-state index is 12.2. The van der Waals surface area contributed by atoms with E-state index in [-0.39, 0.29) is 12.1 Å². The Labute approximate surface area is 117 Å². The van der Waals surface area contributed by atoms with E-state index in [0.29, 0.717) is 11.3 Å². The molecule has 0 aliphatic heterocycles. The van der Waals surface area contributed by atoms with Gasteiger partial charge in [0.2, 0.25) is 0 Å². The largest absolute Gasteiger partial charge is 0.490 e. The topological polar surface area (TPSA) is 90.7 Å². The van der Waals surface area contributed by atoms with Crippen LogP contribution in [0, 0.1) is 0 Å². The quantitative estimate of drug-likeness (QED) is 0.660. The SMILES string of the molecule is CC(C)Oc1ccc2ccccc2c1C(=O)N=C(N)N. The van der Waals surface area contributed by atoms with Crippen molar-refractivity contribution in [3.63, 3.8) is 0 Å². The van der Waals surface area contributed by atoms with Gasteiger partial charge in [-0.2, -0.15) is 4.99 Å². The summed E-state index contributed by atoms with van der Waals surface area (Å²) in [5.41, 5.74) is 11.0. The van der Waals surface area contributed by atoms with Gasteiger partial charge in [0.05, 0.1) is 11.7 Å². The third kappa shape index (κ3) is 2.88. The van der Waals surface area contributed by atoms with Gasteiger partial charge in [0.1, 0.15) is 5.75 Å². The first-order valence-electron chi connectivity index (χ1n) is 6.31. The van der Waals surface area contributed by atoms with Gasteiger partial charge < -0.3 is 16.2 Å². The predicted octanol–water partition coefficient (Wildman–Crippen LogP) is 2.04. The van der Waals surface area contributed by atoms with Crippen LogP contribution in [-0.4, -0.2) is 18.0 Å². The molecule has 1 amide bonds. The van der Waals surface area contributed by atoms with Crippen LogP contribution in [0.1, 0.15) is 24.2 Å². The Morgan fingerprint density at radius 1 is 1.15 bits per heavy atom. The summed E-state index contributed by atoms with van der Waals surface area (Å²) in [7, 11) is 0. The molecule has 4 N–H and O–H groups in total. The molecule has 0 saturated carbocycles. The summed E-state index contributed by atoms with van der Waals surface area (Å²) >= 11 is 0. The monoisotopic (exact) mass is 271 g/mol. The molecule has 0 fully saturated rings. The van der Waals surface area contributed by atoms with Crippen LogP contribution >= 0.6 is 0 Å². The summed E-state index contributed by atoms with van der Waals surface area (Å²) in [6.07, 6.45) is -0.0538. The highest BCUT2D eigenvalue weighted by Gasteiger charge is 2.17. The molecule has 2 aromatic carbocycles. The second-order valence-electron chi connectivity index (χ2n) is 4.67. The lowest BCUT2D eigenvalue weighted by molar-refractivity contribution is 0.0999. The minimum Gasteiger partial charge on any atom is -0.490 e. The van der Waals surface area contributed by atoms with E-state index in [4.69, 9.17) is 16.2 Å². The second-order valence-corrected chi connectivity index (χ2v) is 4.67. The Balaban J connectivity index is 2.67. The standard InChI is InChI=1S/C15H17N3O2/c1-9(2)20-12-8-7-10-5-3-4-6-11(10)13(12)14(19)18-15(16)17/h3-9H,1-2H3,(H4,16,17,18,19). The molecule has 0 saturated heterocycles. The summed E-state index contributed by atoms with van der Waals surface area (Å²) in [5, 5.41) is 1.69. The summed E-state index contributed by atoms with van der Waals surface area (Å²) in [5.74, 6) is -0.287. The Bertz CT molecular complexity index is 674. The van der Waals surface area contributed by atoms with Crippen LogP contribution in [0.25, 0.3) is 10.8 Å². The molecule has 0 aliphatic rings. The van der Waals surface area contributed by atoms with E-state index in [9.17, 15) is 4.79 Å². The number of amides is 1. The number of rotatable bonds is 3. The second kappa shape index (κ2) is 5.61. The lowest BCUT2D eigenvalue weighted by Gasteiger charge is -2.14. The summed E-state index contributed by atoms with van der Waals surface area (Å²) < 4.78 is 5.68. The highest BCUT2D eigenvalue weighted by molar-refractivity contribution is 6.12. The fraction of sp³-hybridized carbons (Fsp3) is 0.200. The van der Waals surface area contributed by atoms with Crippen LogP contribution in [0.4, 0.5) is 0 Å². The number of aliphatic imine (C=N–C) groups is 1. The maximum absolute atomic E-state index is 12.2. The van der Waals surface area contributed by atoms with Gasteiger partial charge in [-0.3, -0.25) is 4.79 Å². The smallest absolute Gasteiger partial charge is 0.284 e. The van der Waals surface area contributed by atoms with E-state index < -0.39 is 5.91 Å². The van der Waals surface area contributed by atoms with Crippen LogP contribution in [-0.2, 0) is 0 Å². The van der Waals surface area contributed by atoms with Crippen LogP contribution in [0.2, 0.25) is 0 Å². The van der Waals surface area contributed by atoms with Crippen LogP contribution in [0.5, 0.6) is 5.75 Å². The molecule has 20 heavy (non-hydrogen) atoms. The molecule has 0 aliphatic carbocycles. The first kappa shape index (κ1) is 13.9. The van der Waals surface area contributed by atoms with Gasteiger partial charge in [0, 0.05) is 0 Å². The van der Waals surface area contributed by atoms with E-state index in [2.05, 4.69) is 4.99 Å². The highest BCUT2D eigenvalue weighted by Crippen LogP contribution is 2.29. The lowest BCUT2D eigenvalue weighted by Crippen LogP contribution is -2.24. The van der Waals surface area contributed by atoms with Crippen molar-refractivity contribution in [3.8, 4) is 5.75 Å². The number of carbonyl (C=O) groups excluding carboxylic acids is 1. The number of nitrogens with two attached hydrogens (primary N) is 2. The number of nitrogens with zero attached hydrogens (tertiary/aromatic N) is 1. The molecule has 104 valence electrons. The van der Waals surface area contributed by atoms with Crippen molar-refractivity contribution in [1.82, 2.24) is 0 Å². The number of guanidine groups is 1. The fourth-order valence-corrected chi connectivity index (χ4v) is 2.00. The Morgan fingerprint density at radius 2 is 1.85 bits per heavy atom. The van der Waals surface area contributed by atoms with Crippen LogP contribution in [0.15, 0.2) is 41.4 Å². The van der Waals surface area contributed by atoms with Crippen LogP contribution < -0.4 is 16.2 Å². The van der Waals surface area contributed by atoms with Crippen LogP contribution in [0.3, 0.4) is 0 Å². The normalized spacial score (nSPS) is 10.6. The highest BCUT2D eigenvalue weighted by atomic mass is 16.5. The van der Waals surface area contributed by atoms with Crippen molar-refractivity contribution < 1.29 is 9.53 Å². The minimum absolute atomic E-state index is 0.0538. The summed E-state index contributed by atoms with van der Waals surface area (Å²) in [4.78, 5) is 15.9. The molecule has 0 spiro atoms. The zero-order valence-corrected chi connectivity index (χ0v) is 11.5. The first-order chi connectivity index (χ1) is 9.49.